The molecule has 2 aliphatic rings. The molecule has 1 atom stereocenters. The second-order valence-corrected chi connectivity index (χ2v) is 11.7. The Hall–Kier alpha value is -4.63. The highest BCUT2D eigenvalue weighted by molar-refractivity contribution is 7.16. The van der Waals surface area contributed by atoms with Crippen molar-refractivity contribution in [2.24, 2.45) is 0 Å². The van der Waals surface area contributed by atoms with Gasteiger partial charge in [-0.05, 0) is 63.1 Å². The van der Waals surface area contributed by atoms with Gasteiger partial charge < -0.3 is 9.32 Å². The minimum absolute atomic E-state index is 0.0442. The zero-order valence-corrected chi connectivity index (χ0v) is 23.6. The van der Waals surface area contributed by atoms with Crippen molar-refractivity contribution in [2.75, 3.05) is 9.80 Å². The van der Waals surface area contributed by atoms with Crippen LogP contribution in [0, 0.1) is 33.5 Å². The van der Waals surface area contributed by atoms with Crippen molar-refractivity contribution in [3.8, 4) is 0 Å². The number of fused-ring (bicyclic) bond motifs is 5. The molecule has 0 bridgehead atoms. The zero-order valence-electron chi connectivity index (χ0n) is 22.7. The fraction of sp³-hybridized carbons (Fsp3) is 0.188. The van der Waals surface area contributed by atoms with Crippen LogP contribution in [0.3, 0.4) is 0 Å². The van der Waals surface area contributed by atoms with E-state index in [1.807, 2.05) is 27.7 Å². The number of rotatable bonds is 3. The first-order chi connectivity index (χ1) is 19.6. The van der Waals surface area contributed by atoms with Gasteiger partial charge in [0.15, 0.2) is 16.1 Å². The van der Waals surface area contributed by atoms with Gasteiger partial charge in [0.25, 0.3) is 11.8 Å². The van der Waals surface area contributed by atoms with Crippen LogP contribution in [-0.2, 0) is 16.9 Å². The summed E-state index contributed by atoms with van der Waals surface area (Å²) in [5, 5.41) is 0.563. The molecule has 0 radical (unpaired) electrons. The van der Waals surface area contributed by atoms with Gasteiger partial charge in [-0.1, -0.05) is 36.4 Å². The molecule has 204 valence electrons. The van der Waals surface area contributed by atoms with Crippen LogP contribution in [0.1, 0.15) is 48.9 Å². The van der Waals surface area contributed by atoms with Gasteiger partial charge in [0.2, 0.25) is 5.76 Å². The first-order valence-corrected chi connectivity index (χ1v) is 14.0. The average Bonchev–Trinajstić information content (AvgIpc) is 3.50. The number of para-hydroxylation sites is 1. The van der Waals surface area contributed by atoms with Gasteiger partial charge in [0.05, 0.1) is 28.9 Å². The van der Waals surface area contributed by atoms with Gasteiger partial charge >= 0.3 is 0 Å². The Morgan fingerprint density at radius 1 is 0.951 bits per heavy atom. The number of carbonyl (C=O) groups excluding carboxylic acids is 2. The van der Waals surface area contributed by atoms with Gasteiger partial charge in [-0.3, -0.25) is 19.3 Å². The monoisotopic (exact) mass is 565 g/mol. The number of hydrogen-bond acceptors (Lipinski definition) is 6. The van der Waals surface area contributed by atoms with E-state index in [9.17, 15) is 18.8 Å². The zero-order chi connectivity index (χ0) is 28.8. The lowest BCUT2D eigenvalue weighted by atomic mass is 9.84. The van der Waals surface area contributed by atoms with E-state index in [1.165, 1.54) is 27.2 Å². The van der Waals surface area contributed by atoms with Crippen molar-refractivity contribution in [1.29, 1.82) is 0 Å². The fourth-order valence-electron chi connectivity index (χ4n) is 5.92. The molecule has 1 unspecified atom stereocenters. The van der Waals surface area contributed by atoms with Gasteiger partial charge in [0, 0.05) is 16.0 Å². The molecule has 1 spiro atoms. The van der Waals surface area contributed by atoms with E-state index < -0.39 is 28.6 Å². The van der Waals surface area contributed by atoms with Gasteiger partial charge in [0.1, 0.15) is 11.4 Å². The van der Waals surface area contributed by atoms with Gasteiger partial charge in [-0.2, -0.15) is 0 Å². The minimum Gasteiger partial charge on any atom is -0.450 e. The van der Waals surface area contributed by atoms with E-state index in [-0.39, 0.29) is 34.0 Å². The van der Waals surface area contributed by atoms with Crippen LogP contribution < -0.4 is 15.2 Å². The highest BCUT2D eigenvalue weighted by Crippen LogP contribution is 2.55. The number of amides is 2. The predicted octanol–water partition coefficient (Wildman–Crippen LogP) is 6.07. The summed E-state index contributed by atoms with van der Waals surface area (Å²) in [5.74, 6) is -1.81. The molecule has 0 N–H and O–H groups in total. The van der Waals surface area contributed by atoms with E-state index >= 15 is 0 Å². The molecular formula is C32H24FN3O4S. The molecule has 2 aromatic heterocycles. The predicted molar refractivity (Wildman–Crippen MR) is 155 cm³/mol. The summed E-state index contributed by atoms with van der Waals surface area (Å²) in [6, 6.07) is 16.7. The van der Waals surface area contributed by atoms with Crippen LogP contribution in [-0.4, -0.2) is 16.8 Å². The second kappa shape index (κ2) is 8.68. The summed E-state index contributed by atoms with van der Waals surface area (Å²) in [5.41, 5.74) is 1.62. The lowest BCUT2D eigenvalue weighted by Gasteiger charge is -2.32. The number of aryl methyl sites for hydroxylation is 4. The highest BCUT2D eigenvalue weighted by atomic mass is 32.1. The summed E-state index contributed by atoms with van der Waals surface area (Å²) in [6.45, 7) is 7.41. The third kappa shape index (κ3) is 3.29. The number of nitrogens with zero attached hydrogens (tertiary/aromatic N) is 3. The number of thiazole rings is 1. The largest absolute Gasteiger partial charge is 0.450 e. The summed E-state index contributed by atoms with van der Waals surface area (Å²) >= 11 is 1.27. The van der Waals surface area contributed by atoms with Crippen LogP contribution in [0.25, 0.3) is 11.0 Å². The first-order valence-electron chi connectivity index (χ1n) is 13.2. The summed E-state index contributed by atoms with van der Waals surface area (Å²) in [7, 11) is 0. The molecule has 41 heavy (non-hydrogen) atoms. The maximum Gasteiger partial charge on any atom is 0.297 e. The molecule has 3 aromatic carbocycles. The topological polar surface area (TPSA) is 83.7 Å². The van der Waals surface area contributed by atoms with Crippen LogP contribution >= 0.6 is 11.3 Å². The fourth-order valence-corrected chi connectivity index (χ4v) is 6.88. The van der Waals surface area contributed by atoms with Crippen molar-refractivity contribution in [3.05, 3.63) is 121 Å². The van der Waals surface area contributed by atoms with Crippen molar-refractivity contribution in [1.82, 2.24) is 4.98 Å². The Balaban J connectivity index is 1.58. The molecular weight excluding hydrogens is 541 g/mol. The standard InChI is InChI=1S/C32H24FN3O4S/c1-16-13-21-25(14-17(16)2)40-28-26(27(21)37)32(36(29(28)38)31-34-18(3)19(4)41-31)22-10-6-8-12-24(22)35(30(32)39)15-20-9-5-7-11-23(20)33/h5-14H,15H2,1-4H3. The summed E-state index contributed by atoms with van der Waals surface area (Å²) in [4.78, 5) is 51.9. The molecule has 0 saturated carbocycles. The van der Waals surface area contributed by atoms with Gasteiger partial charge in [-0.25, -0.2) is 9.37 Å². The maximum atomic E-state index is 14.9. The lowest BCUT2D eigenvalue weighted by Crippen LogP contribution is -2.53. The normalized spacial score (nSPS) is 17.7. The molecule has 2 aliphatic heterocycles. The third-order valence-corrected chi connectivity index (χ3v) is 9.29. The quantitative estimate of drug-likeness (QED) is 0.265. The number of hydrogen-bond donors (Lipinski definition) is 0. The Morgan fingerprint density at radius 2 is 1.66 bits per heavy atom. The van der Waals surface area contributed by atoms with E-state index in [4.69, 9.17) is 4.42 Å². The van der Waals surface area contributed by atoms with Crippen molar-refractivity contribution >= 4 is 44.9 Å². The van der Waals surface area contributed by atoms with Crippen LogP contribution in [0.2, 0.25) is 0 Å². The van der Waals surface area contributed by atoms with Crippen molar-refractivity contribution in [2.45, 2.75) is 39.8 Å². The molecule has 7 rings (SSSR count). The Kier molecular flexibility index (Phi) is 5.37. The number of benzene rings is 3. The van der Waals surface area contributed by atoms with E-state index in [2.05, 4.69) is 4.98 Å². The number of carbonyl (C=O) groups is 2. The second-order valence-electron chi connectivity index (χ2n) is 10.6. The molecule has 4 heterocycles. The Labute approximate surface area is 238 Å². The van der Waals surface area contributed by atoms with Crippen molar-refractivity contribution < 1.29 is 18.4 Å². The molecule has 0 fully saturated rings. The van der Waals surface area contributed by atoms with Crippen LogP contribution in [0.15, 0.2) is 69.9 Å². The SMILES string of the molecule is Cc1cc2oc3c(c(=O)c2cc1C)C1(C(=O)N(Cc2ccccc2F)c2ccccc21)N(c1nc(C)c(C)s1)C3=O. The number of aromatic nitrogens is 1. The minimum atomic E-state index is -1.88. The van der Waals surface area contributed by atoms with E-state index in [0.29, 0.717) is 22.5 Å². The van der Waals surface area contributed by atoms with Crippen LogP contribution in [0.5, 0.6) is 0 Å². The Morgan fingerprint density at radius 3 is 2.39 bits per heavy atom. The van der Waals surface area contributed by atoms with Gasteiger partial charge in [-0.15, -0.1) is 11.3 Å². The highest BCUT2D eigenvalue weighted by Gasteiger charge is 2.66. The molecule has 0 aliphatic carbocycles. The van der Waals surface area contributed by atoms with E-state index in [0.717, 1.165) is 16.0 Å². The first kappa shape index (κ1) is 25.3. The van der Waals surface area contributed by atoms with E-state index in [1.54, 1.807) is 54.6 Å². The summed E-state index contributed by atoms with van der Waals surface area (Å²) < 4.78 is 21.0. The van der Waals surface area contributed by atoms with Crippen molar-refractivity contribution in [3.63, 3.8) is 0 Å². The molecule has 7 nitrogen and oxygen atoms in total. The molecule has 5 aromatic rings. The third-order valence-electron chi connectivity index (χ3n) is 8.24. The lowest BCUT2D eigenvalue weighted by molar-refractivity contribution is -0.121. The molecule has 0 saturated heterocycles. The number of halogens is 1. The van der Waals surface area contributed by atoms with Crippen LogP contribution in [0.4, 0.5) is 15.2 Å². The smallest absolute Gasteiger partial charge is 0.297 e. The molecule has 9 heteroatoms. The maximum absolute atomic E-state index is 14.9. The Bertz CT molecular complexity index is 2010. The number of anilines is 2. The molecule has 2 amide bonds. The summed E-state index contributed by atoms with van der Waals surface area (Å²) in [6.07, 6.45) is 0. The average molecular weight is 566 g/mol.